The first-order valence-electron chi connectivity index (χ1n) is 7.17. The molecule has 1 unspecified atom stereocenters. The maximum Gasteiger partial charge on any atom is 0.256 e. The Hall–Kier alpha value is -2.22. The molecule has 0 bridgehead atoms. The van der Waals surface area contributed by atoms with Crippen LogP contribution in [0.3, 0.4) is 0 Å². The van der Waals surface area contributed by atoms with Crippen LogP contribution in [0.1, 0.15) is 28.5 Å². The number of aromatic nitrogens is 2. The van der Waals surface area contributed by atoms with E-state index in [9.17, 15) is 17.6 Å². The number of benzene rings is 1. The summed E-state index contributed by atoms with van der Waals surface area (Å²) in [5, 5.41) is 6.97. The van der Waals surface area contributed by atoms with Crippen LogP contribution in [0.2, 0.25) is 0 Å². The Balaban J connectivity index is 1.85. The third-order valence-electron chi connectivity index (χ3n) is 3.74. The summed E-state index contributed by atoms with van der Waals surface area (Å²) in [6.45, 7) is 1.76. The zero-order valence-electron chi connectivity index (χ0n) is 12.5. The molecule has 1 aliphatic rings. The number of carbonyl (C=O) groups is 1. The van der Waals surface area contributed by atoms with Gasteiger partial charge in [0.1, 0.15) is 11.6 Å². The average molecular weight is 337 g/mol. The summed E-state index contributed by atoms with van der Waals surface area (Å²) in [7, 11) is -3.06. The Labute approximate surface area is 133 Å². The van der Waals surface area contributed by atoms with Crippen molar-refractivity contribution >= 4 is 21.6 Å². The van der Waals surface area contributed by atoms with E-state index < -0.39 is 21.6 Å². The molecule has 0 aliphatic carbocycles. The normalized spacial score (nSPS) is 19.7. The van der Waals surface area contributed by atoms with Gasteiger partial charge in [-0.2, -0.15) is 5.10 Å². The zero-order chi connectivity index (χ0) is 16.6. The molecule has 3 rings (SSSR count). The molecule has 1 atom stereocenters. The van der Waals surface area contributed by atoms with Crippen molar-refractivity contribution in [1.29, 1.82) is 0 Å². The lowest BCUT2D eigenvalue weighted by Crippen LogP contribution is -2.19. The Morgan fingerprint density at radius 2 is 2.17 bits per heavy atom. The fourth-order valence-electron chi connectivity index (χ4n) is 2.67. The minimum Gasteiger partial charge on any atom is -0.307 e. The van der Waals surface area contributed by atoms with Gasteiger partial charge in [0.05, 0.1) is 23.2 Å². The highest BCUT2D eigenvalue weighted by atomic mass is 32.2. The van der Waals surface area contributed by atoms with Crippen molar-refractivity contribution in [2.75, 3.05) is 16.8 Å². The second kappa shape index (κ2) is 5.77. The number of carbonyl (C=O) groups excluding carboxylic acids is 1. The molecular formula is C15H16FN3O3S. The van der Waals surface area contributed by atoms with Crippen molar-refractivity contribution in [1.82, 2.24) is 9.78 Å². The minimum atomic E-state index is -3.06. The van der Waals surface area contributed by atoms with E-state index in [-0.39, 0.29) is 23.1 Å². The van der Waals surface area contributed by atoms with Crippen LogP contribution in [0.15, 0.2) is 30.3 Å². The summed E-state index contributed by atoms with van der Waals surface area (Å²) in [4.78, 5) is 12.2. The van der Waals surface area contributed by atoms with Crippen molar-refractivity contribution in [3.8, 4) is 0 Å². The first kappa shape index (κ1) is 15.7. The molecule has 0 saturated carbocycles. The summed E-state index contributed by atoms with van der Waals surface area (Å²) in [5.74, 6) is -0.417. The molecule has 0 spiro atoms. The van der Waals surface area contributed by atoms with Crippen LogP contribution in [0.4, 0.5) is 10.2 Å². The quantitative estimate of drug-likeness (QED) is 0.928. The molecule has 1 aromatic heterocycles. The highest BCUT2D eigenvalue weighted by molar-refractivity contribution is 7.91. The van der Waals surface area contributed by atoms with E-state index in [1.807, 2.05) is 0 Å². The highest BCUT2D eigenvalue weighted by Crippen LogP contribution is 2.27. The predicted octanol–water partition coefficient (Wildman–Crippen LogP) is 1.94. The van der Waals surface area contributed by atoms with E-state index in [2.05, 4.69) is 10.4 Å². The first-order chi connectivity index (χ1) is 10.8. The lowest BCUT2D eigenvalue weighted by atomic mass is 10.2. The van der Waals surface area contributed by atoms with Crippen LogP contribution in [0.25, 0.3) is 0 Å². The molecule has 23 heavy (non-hydrogen) atoms. The summed E-state index contributed by atoms with van der Waals surface area (Å²) < 4.78 is 38.0. The topological polar surface area (TPSA) is 81.1 Å². The Bertz CT molecular complexity index is 861. The third kappa shape index (κ3) is 3.42. The van der Waals surface area contributed by atoms with Gasteiger partial charge in [-0.05, 0) is 31.5 Å². The molecule has 0 radical (unpaired) electrons. The van der Waals surface area contributed by atoms with Gasteiger partial charge in [-0.15, -0.1) is 0 Å². The van der Waals surface area contributed by atoms with Gasteiger partial charge in [0, 0.05) is 11.6 Å². The number of halogens is 1. The molecule has 8 heteroatoms. The number of rotatable bonds is 3. The molecule has 122 valence electrons. The first-order valence-corrected chi connectivity index (χ1v) is 9.00. The third-order valence-corrected chi connectivity index (χ3v) is 5.49. The molecule has 1 aliphatic heterocycles. The van der Waals surface area contributed by atoms with Gasteiger partial charge in [-0.3, -0.25) is 4.79 Å². The van der Waals surface area contributed by atoms with Gasteiger partial charge in [0.25, 0.3) is 5.91 Å². The number of nitrogens with zero attached hydrogens (tertiary/aromatic N) is 2. The largest absolute Gasteiger partial charge is 0.307 e. The van der Waals surface area contributed by atoms with E-state index in [0.29, 0.717) is 17.9 Å². The van der Waals surface area contributed by atoms with Gasteiger partial charge >= 0.3 is 0 Å². The molecule has 2 heterocycles. The predicted molar refractivity (Wildman–Crippen MR) is 83.6 cm³/mol. The van der Waals surface area contributed by atoms with Crippen LogP contribution in [-0.4, -0.2) is 35.6 Å². The molecule has 1 saturated heterocycles. The number of hydrogen-bond acceptors (Lipinski definition) is 4. The Kier molecular flexibility index (Phi) is 3.93. The summed E-state index contributed by atoms with van der Waals surface area (Å²) in [6.07, 6.45) is 0.465. The summed E-state index contributed by atoms with van der Waals surface area (Å²) in [5.41, 5.74) is 0.860. The molecule has 1 fully saturated rings. The van der Waals surface area contributed by atoms with Gasteiger partial charge in [0.15, 0.2) is 9.84 Å². The summed E-state index contributed by atoms with van der Waals surface area (Å²) >= 11 is 0. The fourth-order valence-corrected chi connectivity index (χ4v) is 4.37. The van der Waals surface area contributed by atoms with Crippen LogP contribution < -0.4 is 5.32 Å². The monoisotopic (exact) mass is 337 g/mol. The van der Waals surface area contributed by atoms with Gasteiger partial charge in [-0.25, -0.2) is 17.5 Å². The second-order valence-corrected chi connectivity index (χ2v) is 7.87. The zero-order valence-corrected chi connectivity index (χ0v) is 13.3. The number of anilines is 1. The van der Waals surface area contributed by atoms with Crippen molar-refractivity contribution in [3.05, 3.63) is 47.4 Å². The molecule has 6 nitrogen and oxygen atoms in total. The Morgan fingerprint density at radius 3 is 2.83 bits per heavy atom. The molecule has 2 aromatic rings. The molecule has 1 amide bonds. The standard InChI is InChI=1S/C15H16FN3O3S/c1-10-7-14(17-15(20)11-3-2-4-12(16)8-11)19(18-10)13-5-6-23(21,22)9-13/h2-4,7-8,13H,5-6,9H2,1H3,(H,17,20). The van der Waals surface area contributed by atoms with E-state index in [0.717, 1.165) is 6.07 Å². The molecular weight excluding hydrogens is 321 g/mol. The maximum atomic E-state index is 13.2. The van der Waals surface area contributed by atoms with E-state index >= 15 is 0 Å². The second-order valence-electron chi connectivity index (χ2n) is 5.64. The van der Waals surface area contributed by atoms with Crippen LogP contribution in [0.5, 0.6) is 0 Å². The fraction of sp³-hybridized carbons (Fsp3) is 0.333. The maximum absolute atomic E-state index is 13.2. The van der Waals surface area contributed by atoms with E-state index in [1.54, 1.807) is 13.0 Å². The number of aryl methyl sites for hydroxylation is 1. The van der Waals surface area contributed by atoms with Crippen LogP contribution in [0, 0.1) is 12.7 Å². The van der Waals surface area contributed by atoms with E-state index in [4.69, 9.17) is 0 Å². The summed E-state index contributed by atoms with van der Waals surface area (Å²) in [6, 6.07) is 6.73. The number of amides is 1. The van der Waals surface area contributed by atoms with Crippen molar-refractivity contribution in [3.63, 3.8) is 0 Å². The van der Waals surface area contributed by atoms with Gasteiger partial charge < -0.3 is 5.32 Å². The smallest absolute Gasteiger partial charge is 0.256 e. The number of sulfone groups is 1. The number of hydrogen-bond donors (Lipinski definition) is 1. The van der Waals surface area contributed by atoms with Crippen LogP contribution in [-0.2, 0) is 9.84 Å². The average Bonchev–Trinajstić information content (AvgIpc) is 3.01. The van der Waals surface area contributed by atoms with Crippen LogP contribution >= 0.6 is 0 Å². The molecule has 1 N–H and O–H groups in total. The van der Waals surface area contributed by atoms with Crippen molar-refractivity contribution in [2.24, 2.45) is 0 Å². The molecule has 1 aromatic carbocycles. The van der Waals surface area contributed by atoms with Crippen molar-refractivity contribution < 1.29 is 17.6 Å². The van der Waals surface area contributed by atoms with Gasteiger partial charge in [-0.1, -0.05) is 6.07 Å². The lowest BCUT2D eigenvalue weighted by molar-refractivity contribution is 0.102. The Morgan fingerprint density at radius 1 is 1.39 bits per heavy atom. The van der Waals surface area contributed by atoms with E-state index in [1.165, 1.54) is 22.9 Å². The highest BCUT2D eigenvalue weighted by Gasteiger charge is 2.31. The lowest BCUT2D eigenvalue weighted by Gasteiger charge is -2.13. The van der Waals surface area contributed by atoms with Gasteiger partial charge in [0.2, 0.25) is 0 Å². The SMILES string of the molecule is Cc1cc(NC(=O)c2cccc(F)c2)n(C2CCS(=O)(=O)C2)n1. The van der Waals surface area contributed by atoms with Crippen molar-refractivity contribution in [2.45, 2.75) is 19.4 Å². The number of nitrogens with one attached hydrogen (secondary N) is 1. The minimum absolute atomic E-state index is 0.0109.